The van der Waals surface area contributed by atoms with Gasteiger partial charge in [-0.15, -0.1) is 0 Å². The van der Waals surface area contributed by atoms with Crippen LogP contribution in [0, 0.1) is 0 Å². The van der Waals surface area contributed by atoms with Crippen LogP contribution in [0.2, 0.25) is 0 Å². The molecule has 1 aliphatic rings. The number of methoxy groups -OCH3 is 1. The minimum Gasteiger partial charge on any atom is -0.467 e. The highest BCUT2D eigenvalue weighted by atomic mass is 16.5. The minimum absolute atomic E-state index is 0.348. The molecule has 1 aromatic heterocycles. The maximum atomic E-state index is 11.4. The lowest BCUT2D eigenvalue weighted by Crippen LogP contribution is -2.49. The van der Waals surface area contributed by atoms with Gasteiger partial charge in [0.2, 0.25) is 0 Å². The van der Waals surface area contributed by atoms with Crippen LogP contribution < -0.4 is 5.32 Å². The molecule has 0 radical (unpaired) electrons. The van der Waals surface area contributed by atoms with Crippen molar-refractivity contribution in [1.82, 2.24) is 14.9 Å². The van der Waals surface area contributed by atoms with E-state index in [9.17, 15) is 9.59 Å². The Labute approximate surface area is 79.9 Å². The third kappa shape index (κ3) is 1.24. The zero-order valence-electron chi connectivity index (χ0n) is 7.56. The van der Waals surface area contributed by atoms with Crippen LogP contribution in [0.4, 0.5) is 4.79 Å². The third-order valence-corrected chi connectivity index (χ3v) is 2.11. The predicted octanol–water partition coefficient (Wildman–Crippen LogP) is -0.462. The lowest BCUT2D eigenvalue weighted by Gasteiger charge is -2.21. The molecule has 0 bridgehead atoms. The van der Waals surface area contributed by atoms with Crippen molar-refractivity contribution >= 4 is 12.0 Å². The number of imidazole rings is 1. The molecule has 0 aromatic carbocycles. The van der Waals surface area contributed by atoms with E-state index in [0.29, 0.717) is 12.2 Å². The number of carbonyl (C=O) groups is 2. The summed E-state index contributed by atoms with van der Waals surface area (Å²) in [6.45, 7) is 0. The molecule has 1 amide bonds. The molecule has 0 spiro atoms. The van der Waals surface area contributed by atoms with E-state index in [1.54, 1.807) is 6.20 Å². The van der Waals surface area contributed by atoms with Gasteiger partial charge < -0.3 is 10.1 Å². The smallest absolute Gasteiger partial charge is 0.328 e. The van der Waals surface area contributed by atoms with E-state index >= 15 is 0 Å². The van der Waals surface area contributed by atoms with Gasteiger partial charge in [-0.2, -0.15) is 0 Å². The normalized spacial score (nSPS) is 19.8. The standard InChI is InChI=1S/C8H9N3O3/c1-14-7(12)5-4-6-9-2-3-11(6)8(13)10-5/h2-3,5H,4H2,1H3,(H,10,13). The summed E-state index contributed by atoms with van der Waals surface area (Å²) in [5, 5.41) is 2.52. The molecule has 6 nitrogen and oxygen atoms in total. The fourth-order valence-corrected chi connectivity index (χ4v) is 1.41. The molecule has 0 fully saturated rings. The molecule has 14 heavy (non-hydrogen) atoms. The molecule has 1 aromatic rings. The van der Waals surface area contributed by atoms with Crippen LogP contribution in [0.1, 0.15) is 5.82 Å². The van der Waals surface area contributed by atoms with Crippen LogP contribution in [0.3, 0.4) is 0 Å². The van der Waals surface area contributed by atoms with E-state index in [-0.39, 0.29) is 6.03 Å². The zero-order chi connectivity index (χ0) is 10.1. The molecule has 2 heterocycles. The van der Waals surface area contributed by atoms with Crippen molar-refractivity contribution < 1.29 is 14.3 Å². The van der Waals surface area contributed by atoms with Crippen LogP contribution in [0.15, 0.2) is 12.4 Å². The van der Waals surface area contributed by atoms with Crippen molar-refractivity contribution in [1.29, 1.82) is 0 Å². The molecular weight excluding hydrogens is 186 g/mol. The van der Waals surface area contributed by atoms with Crippen LogP contribution in [0.5, 0.6) is 0 Å². The van der Waals surface area contributed by atoms with E-state index in [1.165, 1.54) is 17.9 Å². The summed E-state index contributed by atoms with van der Waals surface area (Å²) < 4.78 is 5.91. The summed E-state index contributed by atoms with van der Waals surface area (Å²) in [7, 11) is 1.29. The molecule has 6 heteroatoms. The Balaban J connectivity index is 2.25. The highest BCUT2D eigenvalue weighted by Gasteiger charge is 2.29. The Hall–Kier alpha value is -1.85. The summed E-state index contributed by atoms with van der Waals surface area (Å²) in [5.74, 6) is 0.122. The van der Waals surface area contributed by atoms with Gasteiger partial charge in [0.05, 0.1) is 7.11 Å². The van der Waals surface area contributed by atoms with Crippen LogP contribution >= 0.6 is 0 Å². The summed E-state index contributed by atoms with van der Waals surface area (Å²) in [5.41, 5.74) is 0. The third-order valence-electron chi connectivity index (χ3n) is 2.11. The number of hydrogen-bond acceptors (Lipinski definition) is 4. The average molecular weight is 195 g/mol. The molecule has 1 aliphatic heterocycles. The number of amides is 1. The van der Waals surface area contributed by atoms with Gasteiger partial charge in [-0.1, -0.05) is 0 Å². The van der Waals surface area contributed by atoms with Gasteiger partial charge in [0.15, 0.2) is 0 Å². The van der Waals surface area contributed by atoms with Gasteiger partial charge in [0.1, 0.15) is 11.9 Å². The van der Waals surface area contributed by atoms with E-state index in [1.807, 2.05) is 0 Å². The largest absolute Gasteiger partial charge is 0.467 e. The van der Waals surface area contributed by atoms with Gasteiger partial charge in [-0.25, -0.2) is 14.6 Å². The summed E-state index contributed by atoms with van der Waals surface area (Å²) in [6, 6.07) is -0.971. The number of aromatic nitrogens is 2. The monoisotopic (exact) mass is 195 g/mol. The molecule has 1 N–H and O–H groups in total. The Bertz CT molecular complexity index is 385. The van der Waals surface area contributed by atoms with Crippen molar-refractivity contribution in [2.45, 2.75) is 12.5 Å². The summed E-state index contributed by atoms with van der Waals surface area (Å²) >= 11 is 0. The van der Waals surface area contributed by atoms with Gasteiger partial charge in [0.25, 0.3) is 0 Å². The first-order valence-corrected chi connectivity index (χ1v) is 4.13. The number of ether oxygens (including phenoxy) is 1. The first kappa shape index (κ1) is 8.74. The SMILES string of the molecule is COC(=O)C1Cc2nccn2C(=O)N1. The van der Waals surface area contributed by atoms with Crippen molar-refractivity contribution in [2.24, 2.45) is 0 Å². The first-order chi connectivity index (χ1) is 6.72. The minimum atomic E-state index is -0.623. The zero-order valence-corrected chi connectivity index (χ0v) is 7.56. The van der Waals surface area contributed by atoms with Crippen molar-refractivity contribution in [3.8, 4) is 0 Å². The Morgan fingerprint density at radius 2 is 2.57 bits per heavy atom. The number of esters is 1. The second-order valence-corrected chi connectivity index (χ2v) is 2.94. The van der Waals surface area contributed by atoms with E-state index in [0.717, 1.165) is 0 Å². The highest BCUT2D eigenvalue weighted by Crippen LogP contribution is 2.08. The van der Waals surface area contributed by atoms with Gasteiger partial charge in [-0.3, -0.25) is 4.57 Å². The van der Waals surface area contributed by atoms with Crippen LogP contribution in [-0.4, -0.2) is 34.7 Å². The Morgan fingerprint density at radius 3 is 3.29 bits per heavy atom. The number of rotatable bonds is 1. The molecule has 1 unspecified atom stereocenters. The first-order valence-electron chi connectivity index (χ1n) is 4.13. The molecule has 0 saturated carbocycles. The lowest BCUT2D eigenvalue weighted by molar-refractivity contribution is -0.143. The number of hydrogen-bond donors (Lipinski definition) is 1. The topological polar surface area (TPSA) is 73.2 Å². The van der Waals surface area contributed by atoms with E-state index in [4.69, 9.17) is 0 Å². The highest BCUT2D eigenvalue weighted by molar-refractivity contribution is 5.86. The average Bonchev–Trinajstić information content (AvgIpc) is 2.64. The van der Waals surface area contributed by atoms with E-state index < -0.39 is 12.0 Å². The van der Waals surface area contributed by atoms with Gasteiger partial charge in [-0.05, 0) is 0 Å². The van der Waals surface area contributed by atoms with Crippen molar-refractivity contribution in [3.63, 3.8) is 0 Å². The number of carbonyl (C=O) groups excluding carboxylic acids is 2. The van der Waals surface area contributed by atoms with Gasteiger partial charge >= 0.3 is 12.0 Å². The maximum absolute atomic E-state index is 11.4. The molecule has 2 rings (SSSR count). The summed E-state index contributed by atoms with van der Waals surface area (Å²) in [4.78, 5) is 26.5. The van der Waals surface area contributed by atoms with E-state index in [2.05, 4.69) is 15.0 Å². The number of nitrogens with one attached hydrogen (secondary N) is 1. The molecule has 0 saturated heterocycles. The fourth-order valence-electron chi connectivity index (χ4n) is 1.41. The lowest BCUT2D eigenvalue weighted by atomic mass is 10.2. The fraction of sp³-hybridized carbons (Fsp3) is 0.375. The number of nitrogens with zero attached hydrogens (tertiary/aromatic N) is 2. The van der Waals surface area contributed by atoms with Crippen molar-refractivity contribution in [3.05, 3.63) is 18.2 Å². The predicted molar refractivity (Wildman–Crippen MR) is 45.7 cm³/mol. The Kier molecular flexibility index (Phi) is 1.95. The Morgan fingerprint density at radius 1 is 1.79 bits per heavy atom. The molecule has 74 valence electrons. The van der Waals surface area contributed by atoms with Crippen molar-refractivity contribution in [2.75, 3.05) is 7.11 Å². The molecule has 1 atom stereocenters. The molecule has 0 aliphatic carbocycles. The quantitative estimate of drug-likeness (QED) is 0.615. The maximum Gasteiger partial charge on any atom is 0.328 e. The number of fused-ring (bicyclic) bond motifs is 1. The summed E-state index contributed by atoms with van der Waals surface area (Å²) in [6.07, 6.45) is 3.44. The van der Waals surface area contributed by atoms with Crippen LogP contribution in [-0.2, 0) is 16.0 Å². The molecular formula is C8H9N3O3. The second kappa shape index (κ2) is 3.13. The van der Waals surface area contributed by atoms with Crippen LogP contribution in [0.25, 0.3) is 0 Å². The van der Waals surface area contributed by atoms with Gasteiger partial charge in [0, 0.05) is 18.8 Å². The second-order valence-electron chi connectivity index (χ2n) is 2.94.